The number of halogens is 1. The first-order valence-electron chi connectivity index (χ1n) is 6.37. The number of nitrogens with two attached hydrogens (primary N) is 1. The van der Waals surface area contributed by atoms with Gasteiger partial charge in [-0.15, -0.1) is 0 Å². The molecular formula is C15H18FNOS. The Labute approximate surface area is 117 Å². The van der Waals surface area contributed by atoms with Crippen LogP contribution in [0.1, 0.15) is 24.5 Å². The van der Waals surface area contributed by atoms with Crippen LogP contribution in [0, 0.1) is 5.82 Å². The maximum atomic E-state index is 13.9. The fourth-order valence-electron chi connectivity index (χ4n) is 1.77. The molecular weight excluding hydrogens is 261 g/mol. The molecule has 1 heterocycles. The smallest absolute Gasteiger partial charge is 0.165 e. The zero-order valence-electron chi connectivity index (χ0n) is 10.9. The van der Waals surface area contributed by atoms with Crippen molar-refractivity contribution in [2.24, 2.45) is 5.73 Å². The maximum Gasteiger partial charge on any atom is 0.165 e. The third kappa shape index (κ3) is 4.04. The predicted octanol–water partition coefficient (Wildman–Crippen LogP) is 3.75. The van der Waals surface area contributed by atoms with E-state index in [1.807, 2.05) is 29.8 Å². The van der Waals surface area contributed by atoms with Crippen LogP contribution in [0.2, 0.25) is 0 Å². The first kappa shape index (κ1) is 14.0. The quantitative estimate of drug-likeness (QED) is 0.874. The van der Waals surface area contributed by atoms with E-state index >= 15 is 0 Å². The van der Waals surface area contributed by atoms with E-state index in [0.717, 1.165) is 17.5 Å². The molecule has 19 heavy (non-hydrogen) atoms. The van der Waals surface area contributed by atoms with E-state index in [-0.39, 0.29) is 11.9 Å². The summed E-state index contributed by atoms with van der Waals surface area (Å²) in [5, 5.41) is 3.97. The number of hydrogen-bond donors (Lipinski definition) is 1. The molecule has 0 saturated heterocycles. The van der Waals surface area contributed by atoms with Gasteiger partial charge in [0.1, 0.15) is 6.61 Å². The highest BCUT2D eigenvalue weighted by Crippen LogP contribution is 2.21. The normalized spacial score (nSPS) is 12.4. The Morgan fingerprint density at radius 3 is 2.79 bits per heavy atom. The lowest BCUT2D eigenvalue weighted by Crippen LogP contribution is -2.21. The van der Waals surface area contributed by atoms with E-state index in [9.17, 15) is 4.39 Å². The third-order valence-electron chi connectivity index (χ3n) is 2.99. The second-order valence-corrected chi connectivity index (χ2v) is 5.34. The molecule has 4 heteroatoms. The molecule has 1 aromatic heterocycles. The third-order valence-corrected chi connectivity index (χ3v) is 3.73. The van der Waals surface area contributed by atoms with Gasteiger partial charge in [0.15, 0.2) is 11.6 Å². The van der Waals surface area contributed by atoms with E-state index in [2.05, 4.69) is 0 Å². The lowest BCUT2D eigenvalue weighted by Gasteiger charge is -2.11. The zero-order chi connectivity index (χ0) is 13.7. The Kier molecular flexibility index (Phi) is 4.93. The van der Waals surface area contributed by atoms with Crippen molar-refractivity contribution in [3.8, 4) is 5.75 Å². The summed E-state index contributed by atoms with van der Waals surface area (Å²) in [6.45, 7) is 2.42. The molecule has 1 unspecified atom stereocenters. The lowest BCUT2D eigenvalue weighted by atomic mass is 10.0. The molecule has 0 amide bonds. The van der Waals surface area contributed by atoms with Gasteiger partial charge < -0.3 is 10.5 Å². The minimum Gasteiger partial charge on any atom is -0.486 e. The van der Waals surface area contributed by atoms with Crippen LogP contribution < -0.4 is 10.5 Å². The summed E-state index contributed by atoms with van der Waals surface area (Å²) in [5.41, 5.74) is 7.83. The van der Waals surface area contributed by atoms with Crippen molar-refractivity contribution in [2.45, 2.75) is 32.4 Å². The first-order chi connectivity index (χ1) is 9.19. The number of benzene rings is 1. The molecule has 0 radical (unpaired) electrons. The molecule has 0 aliphatic carbocycles. The highest BCUT2D eigenvalue weighted by molar-refractivity contribution is 7.07. The molecule has 0 saturated carbocycles. The average Bonchev–Trinajstić information content (AvgIpc) is 2.91. The summed E-state index contributed by atoms with van der Waals surface area (Å²) in [4.78, 5) is 0. The Bertz CT molecular complexity index is 513. The lowest BCUT2D eigenvalue weighted by molar-refractivity contribution is 0.290. The highest BCUT2D eigenvalue weighted by atomic mass is 32.1. The van der Waals surface area contributed by atoms with Gasteiger partial charge in [0.05, 0.1) is 0 Å². The molecule has 2 rings (SSSR count). The largest absolute Gasteiger partial charge is 0.486 e. The van der Waals surface area contributed by atoms with Gasteiger partial charge in [0, 0.05) is 6.04 Å². The first-order valence-corrected chi connectivity index (χ1v) is 7.31. The zero-order valence-corrected chi connectivity index (χ0v) is 11.8. The average molecular weight is 279 g/mol. The Balaban J connectivity index is 1.98. The van der Waals surface area contributed by atoms with Crippen LogP contribution in [-0.2, 0) is 13.0 Å². The van der Waals surface area contributed by atoms with Crippen molar-refractivity contribution in [3.05, 3.63) is 52.0 Å². The standard InChI is InChI=1S/C15H18FNOS/c1-2-13(17)7-11-3-4-15(14(16)8-11)18-9-12-5-6-19-10-12/h3-6,8,10,13H,2,7,9,17H2,1H3. The SMILES string of the molecule is CCC(N)Cc1ccc(OCc2ccsc2)c(F)c1. The summed E-state index contributed by atoms with van der Waals surface area (Å²) in [7, 11) is 0. The molecule has 0 fully saturated rings. The van der Waals surface area contributed by atoms with Gasteiger partial charge in [-0.3, -0.25) is 0 Å². The second-order valence-electron chi connectivity index (χ2n) is 4.56. The molecule has 1 aromatic carbocycles. The number of rotatable bonds is 6. The second kappa shape index (κ2) is 6.68. The van der Waals surface area contributed by atoms with Gasteiger partial charge in [0.25, 0.3) is 0 Å². The van der Waals surface area contributed by atoms with E-state index in [1.165, 1.54) is 6.07 Å². The molecule has 0 aliphatic heterocycles. The van der Waals surface area contributed by atoms with E-state index in [4.69, 9.17) is 10.5 Å². The monoisotopic (exact) mass is 279 g/mol. The molecule has 0 bridgehead atoms. The van der Waals surface area contributed by atoms with Crippen LogP contribution in [0.4, 0.5) is 4.39 Å². The van der Waals surface area contributed by atoms with E-state index in [0.29, 0.717) is 18.8 Å². The fourth-order valence-corrected chi connectivity index (χ4v) is 2.42. The number of hydrogen-bond acceptors (Lipinski definition) is 3. The van der Waals surface area contributed by atoms with Crippen molar-refractivity contribution in [3.63, 3.8) is 0 Å². The Morgan fingerprint density at radius 1 is 1.32 bits per heavy atom. The summed E-state index contributed by atoms with van der Waals surface area (Å²) in [5.74, 6) is -0.0314. The van der Waals surface area contributed by atoms with Crippen LogP contribution >= 0.6 is 11.3 Å². The molecule has 2 nitrogen and oxygen atoms in total. The van der Waals surface area contributed by atoms with Crippen molar-refractivity contribution in [1.82, 2.24) is 0 Å². The molecule has 2 aromatic rings. The summed E-state index contributed by atoms with van der Waals surface area (Å²) in [6.07, 6.45) is 1.58. The van der Waals surface area contributed by atoms with Crippen molar-refractivity contribution in [2.75, 3.05) is 0 Å². The summed E-state index contributed by atoms with van der Waals surface area (Å²) in [6, 6.07) is 7.12. The van der Waals surface area contributed by atoms with Crippen molar-refractivity contribution in [1.29, 1.82) is 0 Å². The van der Waals surface area contributed by atoms with Gasteiger partial charge in [-0.25, -0.2) is 4.39 Å². The molecule has 102 valence electrons. The topological polar surface area (TPSA) is 35.2 Å². The van der Waals surface area contributed by atoms with Crippen LogP contribution in [0.15, 0.2) is 35.0 Å². The van der Waals surface area contributed by atoms with Gasteiger partial charge in [-0.2, -0.15) is 11.3 Å². The highest BCUT2D eigenvalue weighted by Gasteiger charge is 2.07. The van der Waals surface area contributed by atoms with Gasteiger partial charge >= 0.3 is 0 Å². The van der Waals surface area contributed by atoms with Crippen LogP contribution in [0.3, 0.4) is 0 Å². The van der Waals surface area contributed by atoms with Gasteiger partial charge in [-0.05, 0) is 52.9 Å². The number of thiophene rings is 1. The summed E-state index contributed by atoms with van der Waals surface area (Å²) >= 11 is 1.60. The van der Waals surface area contributed by atoms with E-state index < -0.39 is 0 Å². The summed E-state index contributed by atoms with van der Waals surface area (Å²) < 4.78 is 19.3. The molecule has 0 aliphatic rings. The molecule has 2 N–H and O–H groups in total. The Hall–Kier alpha value is -1.39. The van der Waals surface area contributed by atoms with Gasteiger partial charge in [-0.1, -0.05) is 13.0 Å². The van der Waals surface area contributed by atoms with Crippen LogP contribution in [0.25, 0.3) is 0 Å². The maximum absolute atomic E-state index is 13.9. The predicted molar refractivity (Wildman–Crippen MR) is 77.0 cm³/mol. The van der Waals surface area contributed by atoms with Crippen molar-refractivity contribution < 1.29 is 9.13 Å². The van der Waals surface area contributed by atoms with Crippen LogP contribution in [-0.4, -0.2) is 6.04 Å². The number of ether oxygens (including phenoxy) is 1. The van der Waals surface area contributed by atoms with Crippen LogP contribution in [0.5, 0.6) is 5.75 Å². The van der Waals surface area contributed by atoms with Gasteiger partial charge in [0.2, 0.25) is 0 Å². The van der Waals surface area contributed by atoms with E-state index in [1.54, 1.807) is 17.4 Å². The van der Waals surface area contributed by atoms with Crippen molar-refractivity contribution >= 4 is 11.3 Å². The Morgan fingerprint density at radius 2 is 2.16 bits per heavy atom. The molecule has 1 atom stereocenters. The minimum absolute atomic E-state index is 0.0805. The molecule has 0 spiro atoms. The fraction of sp³-hybridized carbons (Fsp3) is 0.333. The minimum atomic E-state index is -0.323.